The number of aldehydes is 2. The van der Waals surface area contributed by atoms with E-state index in [4.69, 9.17) is 19.2 Å². The predicted molar refractivity (Wildman–Crippen MR) is 302 cm³/mol. The van der Waals surface area contributed by atoms with Crippen molar-refractivity contribution in [1.29, 1.82) is 0 Å². The smallest absolute Gasteiger partial charge is 0.335 e. The van der Waals surface area contributed by atoms with Crippen molar-refractivity contribution in [2.75, 3.05) is 25.6 Å². The van der Waals surface area contributed by atoms with Gasteiger partial charge in [-0.3, -0.25) is 13.6 Å². The molecular formula is C54H114ClNO9S2. The first-order chi connectivity index (χ1) is 29.3. The minimum absolute atomic E-state index is 0. The molecule has 0 aromatic heterocycles. The summed E-state index contributed by atoms with van der Waals surface area (Å²) in [6.07, 6.45) is 6.16. The fraction of sp³-hybridized carbons (Fsp3) is 0.593. The van der Waals surface area contributed by atoms with Gasteiger partial charge in [0, 0.05) is 27.5 Å². The van der Waals surface area contributed by atoms with Crippen LogP contribution in [0.15, 0.2) is 83.8 Å². The van der Waals surface area contributed by atoms with Gasteiger partial charge in [-0.2, -0.15) is 8.42 Å². The lowest BCUT2D eigenvalue weighted by molar-refractivity contribution is -0.623. The van der Waals surface area contributed by atoms with E-state index < -0.39 is 26.9 Å². The number of aryl methyl sites for hydroxylation is 2. The topological polar surface area (TPSA) is 177 Å². The van der Waals surface area contributed by atoms with Gasteiger partial charge in [0.1, 0.15) is 12.6 Å². The van der Waals surface area contributed by atoms with Crippen molar-refractivity contribution in [3.63, 3.8) is 0 Å². The molecule has 1 unspecified atom stereocenters. The van der Waals surface area contributed by atoms with Gasteiger partial charge in [-0.1, -0.05) is 213 Å². The molecule has 1 atom stereocenters. The number of aromatic carboxylic acids is 1. The molecule has 3 aromatic rings. The van der Waals surface area contributed by atoms with E-state index in [9.17, 15) is 22.2 Å². The molecular weight excluding hydrogens is 906 g/mol. The van der Waals surface area contributed by atoms with Gasteiger partial charge in [0.25, 0.3) is 10.1 Å². The van der Waals surface area contributed by atoms with Gasteiger partial charge in [0.15, 0.2) is 5.78 Å². The van der Waals surface area contributed by atoms with E-state index >= 15 is 0 Å². The van der Waals surface area contributed by atoms with Crippen LogP contribution in [0.1, 0.15) is 212 Å². The van der Waals surface area contributed by atoms with E-state index in [2.05, 4.69) is 47.0 Å². The molecule has 408 valence electrons. The van der Waals surface area contributed by atoms with Gasteiger partial charge in [-0.15, -0.1) is 0 Å². The van der Waals surface area contributed by atoms with Crippen LogP contribution in [0.2, 0.25) is 0 Å². The fourth-order valence-corrected chi connectivity index (χ4v) is 3.51. The summed E-state index contributed by atoms with van der Waals surface area (Å²) >= 11 is 0. The molecule has 13 heteroatoms. The van der Waals surface area contributed by atoms with Gasteiger partial charge >= 0.3 is 5.97 Å². The normalized spacial score (nSPS) is 7.58. The highest BCUT2D eigenvalue weighted by atomic mass is 35.5. The average molecular weight is 1020 g/mol. The molecule has 0 spiro atoms. The fourth-order valence-electron chi connectivity index (χ4n) is 2.47. The van der Waals surface area contributed by atoms with Crippen LogP contribution >= 0.6 is 0 Å². The first kappa shape index (κ1) is 110. The van der Waals surface area contributed by atoms with Crippen molar-refractivity contribution in [2.24, 2.45) is 0 Å². The molecule has 10 nitrogen and oxygen atoms in total. The van der Waals surface area contributed by atoms with Crippen LogP contribution in [-0.2, 0) is 30.5 Å². The van der Waals surface area contributed by atoms with Crippen LogP contribution in [0.4, 0.5) is 0 Å². The standard InChI is InChI=1S/C8H8O2.C8H10OS.C8H8O.C3H9N.C3H8O3S.2C3H8.2C2H4O.5C2H6.4CH4.ClH/c1-6-4-2-3-5-7(6)8(9)10;1-7-3-5-8(6-4-7)10(2)9;1-7(9)8-5-3-2-4-6-8;1-3-4-2;1-2-3-7(4,5)6;2*1-3-2;2*1-2-3;5*1-2;;;;;/h2-5H,1H3,(H,9,10);3-6H,1-2H3;2-6H,1H3;4H,3H2,1-2H3;2-3H2,1H3,(H,4,5,6);2*3H2,1-2H3;2*2H,1H3;5*1-2H3;4*1H4;1H. The zero-order chi connectivity index (χ0) is 52.0. The number of quaternary nitrogens is 1. The van der Waals surface area contributed by atoms with Crippen molar-refractivity contribution >= 4 is 45.2 Å². The van der Waals surface area contributed by atoms with Gasteiger partial charge < -0.3 is 32.4 Å². The van der Waals surface area contributed by atoms with Crippen LogP contribution in [0.5, 0.6) is 0 Å². The molecule has 67 heavy (non-hydrogen) atoms. The summed E-state index contributed by atoms with van der Waals surface area (Å²) in [7, 11) is -2.46. The molecule has 0 aliphatic rings. The third kappa shape index (κ3) is 127. The van der Waals surface area contributed by atoms with Crippen molar-refractivity contribution in [3.8, 4) is 0 Å². The number of carbonyl (C=O) groups is 4. The first-order valence-corrected chi connectivity index (χ1v) is 25.3. The molecule has 0 saturated carbocycles. The molecule has 0 aliphatic carbocycles. The first-order valence-electron chi connectivity index (χ1n) is 22.1. The Kier molecular flexibility index (Phi) is 172. The molecule has 4 N–H and O–H groups in total. The number of Topliss-reactive ketones (excluding diaryl/α,β-unsaturated/α-hetero) is 1. The van der Waals surface area contributed by atoms with Crippen LogP contribution < -0.4 is 17.7 Å². The Labute approximate surface area is 428 Å². The predicted octanol–water partition coefficient (Wildman–Crippen LogP) is 12.7. The van der Waals surface area contributed by atoms with Crippen LogP contribution in [0.25, 0.3) is 0 Å². The summed E-state index contributed by atoms with van der Waals surface area (Å²) in [4.78, 5) is 39.6. The Hall–Kier alpha value is -3.55. The lowest BCUT2D eigenvalue weighted by atomic mass is 10.1. The van der Waals surface area contributed by atoms with Crippen LogP contribution in [-0.4, -0.2) is 72.2 Å². The molecule has 0 radical (unpaired) electrons. The highest BCUT2D eigenvalue weighted by Gasteiger charge is 2.03. The van der Waals surface area contributed by atoms with Crippen molar-refractivity contribution < 1.29 is 59.2 Å². The number of carboxylic acid groups (broad SMARTS) is 1. The van der Waals surface area contributed by atoms with Crippen LogP contribution in [0.3, 0.4) is 0 Å². The second kappa shape index (κ2) is 105. The summed E-state index contributed by atoms with van der Waals surface area (Å²) in [5, 5.41) is 10.7. The van der Waals surface area contributed by atoms with Crippen molar-refractivity contribution in [2.45, 2.75) is 199 Å². The molecule has 0 saturated heterocycles. The van der Waals surface area contributed by atoms with E-state index in [1.165, 1.54) is 38.8 Å². The monoisotopic (exact) mass is 1020 g/mol. The Balaban J connectivity index is -0.0000000312. The molecule has 0 bridgehead atoms. The number of carboxylic acids is 1. The highest BCUT2D eigenvalue weighted by molar-refractivity contribution is 7.85. The Morgan fingerprint density at radius 1 is 0.642 bits per heavy atom. The molecule has 0 fully saturated rings. The largest absolute Gasteiger partial charge is 1.00 e. The van der Waals surface area contributed by atoms with Gasteiger partial charge in [-0.05, 0) is 71.7 Å². The van der Waals surface area contributed by atoms with E-state index in [0.29, 0.717) is 12.0 Å². The highest BCUT2D eigenvalue weighted by Crippen LogP contribution is 2.06. The molecule has 0 heterocycles. The molecule has 3 aromatic carbocycles. The number of ketones is 1. The quantitative estimate of drug-likeness (QED) is 0.123. The van der Waals surface area contributed by atoms with Crippen molar-refractivity contribution in [1.82, 2.24) is 0 Å². The maximum atomic E-state index is 10.9. The van der Waals surface area contributed by atoms with E-state index in [1.54, 1.807) is 45.2 Å². The van der Waals surface area contributed by atoms with E-state index in [0.717, 1.165) is 28.6 Å². The zero-order valence-corrected chi connectivity index (χ0v) is 46.6. The van der Waals surface area contributed by atoms with Gasteiger partial charge in [0.05, 0.1) is 24.9 Å². The SMILES string of the molecule is C.C.C.C.CC.CC.CC.CC.CC.CC(=O)c1ccccc1.CC=O.CC=O.CCC.CCC.CCCS(=O)(=O)O.CC[NH2+]C.Cc1ccc(S(C)=O)cc1.Cc1ccccc1C(=O)O.[Cl-]. The second-order valence-corrected chi connectivity index (χ2v) is 13.2. The third-order valence-corrected chi connectivity index (χ3v) is 6.64. The van der Waals surface area contributed by atoms with Gasteiger partial charge in [0.2, 0.25) is 0 Å². The Morgan fingerprint density at radius 2 is 0.925 bits per heavy atom. The maximum absolute atomic E-state index is 10.9. The van der Waals surface area contributed by atoms with Crippen molar-refractivity contribution in [3.05, 3.63) is 101 Å². The molecule has 0 amide bonds. The average Bonchev–Trinajstić information content (AvgIpc) is 3.26. The summed E-state index contributed by atoms with van der Waals surface area (Å²) in [5.41, 5.74) is 3.16. The number of hydrogen-bond donors (Lipinski definition) is 3. The lowest BCUT2D eigenvalue weighted by Crippen LogP contribution is -3.00. The van der Waals surface area contributed by atoms with E-state index in [-0.39, 0.29) is 53.6 Å². The summed E-state index contributed by atoms with van der Waals surface area (Å²) < 4.78 is 38.4. The maximum Gasteiger partial charge on any atom is 0.335 e. The number of nitrogens with two attached hydrogens (primary N) is 1. The summed E-state index contributed by atoms with van der Waals surface area (Å²) in [6, 6.07) is 23.9. The van der Waals surface area contributed by atoms with Crippen LogP contribution in [0, 0.1) is 13.8 Å². The van der Waals surface area contributed by atoms with E-state index in [1.807, 2.05) is 137 Å². The number of carbonyl (C=O) groups excluding carboxylic acids is 3. The molecule has 3 rings (SSSR count). The Bertz CT molecular complexity index is 1380. The summed E-state index contributed by atoms with van der Waals surface area (Å²) in [6.45, 7) is 41.8. The lowest BCUT2D eigenvalue weighted by Gasteiger charge is -1.96. The second-order valence-electron chi connectivity index (χ2n) is 10.3. The number of rotatable bonds is 6. The number of benzene rings is 3. The number of hydrogen-bond acceptors (Lipinski definition) is 7. The zero-order valence-electron chi connectivity index (χ0n) is 44.2. The third-order valence-electron chi connectivity index (χ3n) is 4.78. The molecule has 0 aliphatic heterocycles. The minimum Gasteiger partial charge on any atom is -1.00 e. The van der Waals surface area contributed by atoms with Gasteiger partial charge in [-0.25, -0.2) is 4.79 Å². The Morgan fingerprint density at radius 3 is 1.09 bits per heavy atom. The number of halogens is 1. The summed E-state index contributed by atoms with van der Waals surface area (Å²) in [5.74, 6) is -0.874. The minimum atomic E-state index is -3.67.